The predicted molar refractivity (Wildman–Crippen MR) is 120 cm³/mol. The van der Waals surface area contributed by atoms with Crippen molar-refractivity contribution in [2.75, 3.05) is 20.8 Å². The molecular weight excluding hydrogens is 418 g/mol. The molecule has 31 heavy (non-hydrogen) atoms. The second-order valence-electron chi connectivity index (χ2n) is 6.89. The smallest absolute Gasteiger partial charge is 0.265 e. The van der Waals surface area contributed by atoms with Gasteiger partial charge in [0.05, 0.1) is 30.7 Å². The molecule has 0 aliphatic carbocycles. The highest BCUT2D eigenvalue weighted by molar-refractivity contribution is 6.31. The van der Waals surface area contributed by atoms with Crippen molar-refractivity contribution < 1.29 is 14.3 Å². The summed E-state index contributed by atoms with van der Waals surface area (Å²) >= 11 is 6.05. The van der Waals surface area contributed by atoms with Gasteiger partial charge in [0.1, 0.15) is 0 Å². The topological polar surface area (TPSA) is 81.9 Å². The molecule has 0 aliphatic heterocycles. The normalized spacial score (nSPS) is 10.9. The number of carbonyl (C=O) groups is 1. The van der Waals surface area contributed by atoms with Crippen LogP contribution < -0.4 is 20.3 Å². The minimum Gasteiger partial charge on any atom is -0.493 e. The molecule has 1 amide bonds. The van der Waals surface area contributed by atoms with Crippen LogP contribution in [-0.2, 0) is 6.42 Å². The van der Waals surface area contributed by atoms with Crippen molar-refractivity contribution >= 4 is 34.1 Å². The summed E-state index contributed by atoms with van der Waals surface area (Å²) in [5.41, 5.74) is 1.78. The summed E-state index contributed by atoms with van der Waals surface area (Å²) in [7, 11) is 3.16. The molecule has 2 aromatic heterocycles. The minimum absolute atomic E-state index is 0.253. The highest BCUT2D eigenvalue weighted by Crippen LogP contribution is 2.27. The molecular formula is C23H20ClN3O4. The first-order valence-electron chi connectivity index (χ1n) is 9.61. The van der Waals surface area contributed by atoms with Crippen LogP contribution in [0.15, 0.2) is 59.5 Å². The molecule has 1 N–H and O–H groups in total. The first-order chi connectivity index (χ1) is 15.0. The third kappa shape index (κ3) is 4.04. The summed E-state index contributed by atoms with van der Waals surface area (Å²) in [6.07, 6.45) is 2.20. The van der Waals surface area contributed by atoms with Gasteiger partial charge in [-0.3, -0.25) is 14.0 Å². The molecule has 4 rings (SSSR count). The second kappa shape index (κ2) is 8.65. The van der Waals surface area contributed by atoms with Crippen LogP contribution in [0.1, 0.15) is 15.9 Å². The van der Waals surface area contributed by atoms with E-state index in [9.17, 15) is 9.59 Å². The average molecular weight is 438 g/mol. The van der Waals surface area contributed by atoms with Crippen LogP contribution in [0.3, 0.4) is 0 Å². The van der Waals surface area contributed by atoms with Gasteiger partial charge in [-0.2, -0.15) is 0 Å². The maximum absolute atomic E-state index is 12.8. The molecule has 0 aliphatic rings. The number of amides is 1. The molecule has 7 nitrogen and oxygen atoms in total. The Morgan fingerprint density at radius 3 is 2.68 bits per heavy atom. The number of nitrogens with zero attached hydrogens (tertiary/aromatic N) is 2. The van der Waals surface area contributed by atoms with E-state index in [0.717, 1.165) is 5.56 Å². The maximum atomic E-state index is 12.8. The van der Waals surface area contributed by atoms with Crippen molar-refractivity contribution in [2.24, 2.45) is 0 Å². The fourth-order valence-corrected chi connectivity index (χ4v) is 3.60. The molecule has 0 unspecified atom stereocenters. The van der Waals surface area contributed by atoms with E-state index in [2.05, 4.69) is 10.3 Å². The molecule has 8 heteroatoms. The summed E-state index contributed by atoms with van der Waals surface area (Å²) < 4.78 is 11.9. The summed E-state index contributed by atoms with van der Waals surface area (Å²) in [6.45, 7) is 0.402. The maximum Gasteiger partial charge on any atom is 0.265 e. The van der Waals surface area contributed by atoms with E-state index in [1.54, 1.807) is 50.7 Å². The Balaban J connectivity index is 1.58. The van der Waals surface area contributed by atoms with Crippen LogP contribution in [0.5, 0.6) is 11.5 Å². The highest BCUT2D eigenvalue weighted by Gasteiger charge is 2.14. The third-order valence-electron chi connectivity index (χ3n) is 4.99. The lowest BCUT2D eigenvalue weighted by molar-refractivity contribution is 0.0955. The van der Waals surface area contributed by atoms with Crippen molar-refractivity contribution in [1.82, 2.24) is 14.7 Å². The minimum atomic E-state index is -0.313. The van der Waals surface area contributed by atoms with Crippen LogP contribution in [-0.4, -0.2) is 36.1 Å². The molecule has 0 saturated heterocycles. The number of hydrogen-bond acceptors (Lipinski definition) is 5. The standard InChI is InChI=1S/C23H20ClN3O4/c1-30-19-8-5-14(12-20(19)31-2)9-10-25-22(28)17-4-3-11-27-21(17)26-18-13-15(24)6-7-16(18)23(27)29/h3-8,11-13H,9-10H2,1-2H3,(H,25,28). The van der Waals surface area contributed by atoms with E-state index in [0.29, 0.717) is 46.0 Å². The number of hydrogen-bond donors (Lipinski definition) is 1. The number of methoxy groups -OCH3 is 2. The number of halogens is 1. The van der Waals surface area contributed by atoms with Crippen LogP contribution in [0.25, 0.3) is 16.6 Å². The fraction of sp³-hybridized carbons (Fsp3) is 0.174. The van der Waals surface area contributed by atoms with Gasteiger partial charge in [0, 0.05) is 17.8 Å². The zero-order valence-electron chi connectivity index (χ0n) is 17.0. The van der Waals surface area contributed by atoms with Crippen molar-refractivity contribution in [3.05, 3.63) is 81.2 Å². The number of pyridine rings is 1. The van der Waals surface area contributed by atoms with Gasteiger partial charge in [0.15, 0.2) is 17.1 Å². The van der Waals surface area contributed by atoms with E-state index < -0.39 is 0 Å². The SMILES string of the molecule is COc1ccc(CCNC(=O)c2cccn3c(=O)c4ccc(Cl)cc4nc23)cc1OC. The van der Waals surface area contributed by atoms with Gasteiger partial charge < -0.3 is 14.8 Å². The molecule has 0 atom stereocenters. The Morgan fingerprint density at radius 1 is 1.10 bits per heavy atom. The van der Waals surface area contributed by atoms with E-state index in [1.807, 2.05) is 18.2 Å². The zero-order valence-corrected chi connectivity index (χ0v) is 17.8. The van der Waals surface area contributed by atoms with E-state index in [-0.39, 0.29) is 17.1 Å². The number of fused-ring (bicyclic) bond motifs is 2. The molecule has 4 aromatic rings. The van der Waals surface area contributed by atoms with Gasteiger partial charge in [-0.05, 0) is 54.4 Å². The van der Waals surface area contributed by atoms with Gasteiger partial charge in [0.25, 0.3) is 11.5 Å². The number of aromatic nitrogens is 2. The summed E-state index contributed by atoms with van der Waals surface area (Å²) in [5, 5.41) is 3.80. The first kappa shape index (κ1) is 20.7. The Labute approximate surface area is 183 Å². The highest BCUT2D eigenvalue weighted by atomic mass is 35.5. The lowest BCUT2D eigenvalue weighted by Crippen LogP contribution is -2.27. The molecule has 2 aromatic carbocycles. The average Bonchev–Trinajstić information content (AvgIpc) is 2.78. The molecule has 0 spiro atoms. The largest absolute Gasteiger partial charge is 0.493 e. The van der Waals surface area contributed by atoms with E-state index >= 15 is 0 Å². The fourth-order valence-electron chi connectivity index (χ4n) is 3.43. The lowest BCUT2D eigenvalue weighted by Gasteiger charge is -2.11. The zero-order chi connectivity index (χ0) is 22.0. The molecule has 0 saturated carbocycles. The number of carbonyl (C=O) groups excluding carboxylic acids is 1. The summed E-state index contributed by atoms with van der Waals surface area (Å²) in [6, 6.07) is 13.8. The van der Waals surface area contributed by atoms with Crippen LogP contribution in [0.2, 0.25) is 5.02 Å². The van der Waals surface area contributed by atoms with Gasteiger partial charge >= 0.3 is 0 Å². The quantitative estimate of drug-likeness (QED) is 0.467. The molecule has 0 bridgehead atoms. The van der Waals surface area contributed by atoms with E-state index in [1.165, 1.54) is 4.40 Å². The monoisotopic (exact) mass is 437 g/mol. The van der Waals surface area contributed by atoms with Crippen LogP contribution in [0, 0.1) is 0 Å². The van der Waals surface area contributed by atoms with Gasteiger partial charge in [-0.1, -0.05) is 17.7 Å². The molecule has 0 radical (unpaired) electrons. The number of rotatable bonds is 6. The summed E-state index contributed by atoms with van der Waals surface area (Å²) in [4.78, 5) is 30.2. The van der Waals surface area contributed by atoms with Crippen molar-refractivity contribution in [3.8, 4) is 11.5 Å². The predicted octanol–water partition coefficient (Wildman–Crippen LogP) is 3.49. The molecule has 2 heterocycles. The summed E-state index contributed by atoms with van der Waals surface area (Å²) in [5.74, 6) is 0.969. The van der Waals surface area contributed by atoms with Gasteiger partial charge in [0.2, 0.25) is 0 Å². The van der Waals surface area contributed by atoms with Crippen LogP contribution >= 0.6 is 11.6 Å². The van der Waals surface area contributed by atoms with Crippen LogP contribution in [0.4, 0.5) is 0 Å². The van der Waals surface area contributed by atoms with E-state index in [4.69, 9.17) is 21.1 Å². The Kier molecular flexibility index (Phi) is 5.77. The van der Waals surface area contributed by atoms with Crippen molar-refractivity contribution in [1.29, 1.82) is 0 Å². The Hall–Kier alpha value is -3.58. The number of ether oxygens (including phenoxy) is 2. The second-order valence-corrected chi connectivity index (χ2v) is 7.33. The Bertz CT molecular complexity index is 1350. The van der Waals surface area contributed by atoms with Gasteiger partial charge in [-0.15, -0.1) is 0 Å². The number of nitrogens with one attached hydrogen (secondary N) is 1. The third-order valence-corrected chi connectivity index (χ3v) is 5.23. The lowest BCUT2D eigenvalue weighted by atomic mass is 10.1. The van der Waals surface area contributed by atoms with Gasteiger partial charge in [-0.25, -0.2) is 4.98 Å². The Morgan fingerprint density at radius 2 is 1.90 bits per heavy atom. The van der Waals surface area contributed by atoms with Crippen molar-refractivity contribution in [2.45, 2.75) is 6.42 Å². The number of benzene rings is 2. The molecule has 158 valence electrons. The first-order valence-corrected chi connectivity index (χ1v) is 9.99. The van der Waals surface area contributed by atoms with Crippen molar-refractivity contribution in [3.63, 3.8) is 0 Å². The molecule has 0 fully saturated rings.